The van der Waals surface area contributed by atoms with E-state index in [1.165, 1.54) is 0 Å². The second-order valence-corrected chi connectivity index (χ2v) is 7.55. The van der Waals surface area contributed by atoms with Crippen molar-refractivity contribution in [3.05, 3.63) is 71.8 Å². The Balaban J connectivity index is 1.53. The first-order valence-electron chi connectivity index (χ1n) is 10.6. The number of carbonyl (C=O) groups excluding carboxylic acids is 2. The van der Waals surface area contributed by atoms with E-state index in [2.05, 4.69) is 12.2 Å². The summed E-state index contributed by atoms with van der Waals surface area (Å²) in [5.41, 5.74) is 2.00. The van der Waals surface area contributed by atoms with Crippen LogP contribution in [0.15, 0.2) is 60.7 Å². The quantitative estimate of drug-likeness (QED) is 0.701. The molecule has 1 heterocycles. The van der Waals surface area contributed by atoms with Crippen molar-refractivity contribution in [3.8, 4) is 5.75 Å². The summed E-state index contributed by atoms with van der Waals surface area (Å²) in [5, 5.41) is 3.18. The maximum Gasteiger partial charge on any atom is 0.246 e. The number of rotatable bonds is 7. The number of hydrogen-bond donors (Lipinski definition) is 1. The molecule has 1 atom stereocenters. The van der Waals surface area contributed by atoms with Gasteiger partial charge in [0.1, 0.15) is 5.75 Å². The van der Waals surface area contributed by atoms with Crippen LogP contribution >= 0.6 is 0 Å². The van der Waals surface area contributed by atoms with Crippen molar-refractivity contribution >= 4 is 17.9 Å². The first kappa shape index (κ1) is 21.6. The van der Waals surface area contributed by atoms with Crippen molar-refractivity contribution in [2.24, 2.45) is 5.92 Å². The first-order valence-corrected chi connectivity index (χ1v) is 10.6. The zero-order valence-corrected chi connectivity index (χ0v) is 17.7. The predicted octanol–water partition coefficient (Wildman–Crippen LogP) is 4.21. The van der Waals surface area contributed by atoms with Crippen molar-refractivity contribution in [2.45, 2.75) is 32.2 Å². The summed E-state index contributed by atoms with van der Waals surface area (Å²) in [6.45, 7) is 3.25. The van der Waals surface area contributed by atoms with Gasteiger partial charge in [-0.05, 0) is 37.0 Å². The van der Waals surface area contributed by atoms with Gasteiger partial charge >= 0.3 is 0 Å². The van der Waals surface area contributed by atoms with Gasteiger partial charge in [0.15, 0.2) is 0 Å². The van der Waals surface area contributed by atoms with E-state index in [0.717, 1.165) is 23.3 Å². The van der Waals surface area contributed by atoms with Crippen molar-refractivity contribution in [3.63, 3.8) is 0 Å². The molecule has 30 heavy (non-hydrogen) atoms. The van der Waals surface area contributed by atoms with Crippen molar-refractivity contribution in [2.75, 3.05) is 20.2 Å². The van der Waals surface area contributed by atoms with Gasteiger partial charge < -0.3 is 15.0 Å². The minimum Gasteiger partial charge on any atom is -0.496 e. The molecule has 5 nitrogen and oxygen atoms in total. The average molecular weight is 407 g/mol. The fourth-order valence-corrected chi connectivity index (χ4v) is 3.84. The normalized spacial score (nSPS) is 15.7. The molecule has 2 aromatic rings. The zero-order valence-electron chi connectivity index (χ0n) is 17.7. The standard InChI is InChI=1S/C25H30N2O3/c1-3-22(21-11-7-8-12-23(21)30-2)26-25(29)20-15-17-27(18-16-20)24(28)14-13-19-9-5-4-6-10-19/h4-14,20,22H,3,15-18H2,1-2H3,(H,26,29)/b14-13+. The lowest BCUT2D eigenvalue weighted by Crippen LogP contribution is -2.43. The fraction of sp³-hybridized carbons (Fsp3) is 0.360. The number of amides is 2. The topological polar surface area (TPSA) is 58.6 Å². The summed E-state index contributed by atoms with van der Waals surface area (Å²) in [5.74, 6) is 0.768. The van der Waals surface area contributed by atoms with Crippen LogP contribution in [0.25, 0.3) is 6.08 Å². The van der Waals surface area contributed by atoms with Gasteiger partial charge in [0.25, 0.3) is 0 Å². The van der Waals surface area contributed by atoms with Gasteiger partial charge in [-0.15, -0.1) is 0 Å². The van der Waals surface area contributed by atoms with Crippen LogP contribution in [-0.4, -0.2) is 36.9 Å². The third-order valence-electron chi connectivity index (χ3n) is 5.63. The number of hydrogen-bond acceptors (Lipinski definition) is 3. The van der Waals surface area contributed by atoms with Gasteiger partial charge in [0.05, 0.1) is 13.2 Å². The van der Waals surface area contributed by atoms with Crippen LogP contribution in [0, 0.1) is 5.92 Å². The molecule has 158 valence electrons. The Morgan fingerprint density at radius 2 is 1.77 bits per heavy atom. The highest BCUT2D eigenvalue weighted by atomic mass is 16.5. The highest BCUT2D eigenvalue weighted by Gasteiger charge is 2.28. The molecule has 5 heteroatoms. The number of carbonyl (C=O) groups is 2. The molecule has 0 saturated carbocycles. The van der Waals surface area contributed by atoms with Crippen LogP contribution in [0.1, 0.15) is 43.4 Å². The molecule has 2 amide bonds. The molecule has 0 aliphatic carbocycles. The van der Waals surface area contributed by atoms with Crippen LogP contribution < -0.4 is 10.1 Å². The minimum atomic E-state index is -0.0814. The molecule has 2 aromatic carbocycles. The lowest BCUT2D eigenvalue weighted by molar-refractivity contribution is -0.132. The summed E-state index contributed by atoms with van der Waals surface area (Å²) < 4.78 is 5.45. The van der Waals surface area contributed by atoms with E-state index in [4.69, 9.17) is 4.74 Å². The number of ether oxygens (including phenoxy) is 1. The van der Waals surface area contributed by atoms with Crippen LogP contribution in [0.2, 0.25) is 0 Å². The summed E-state index contributed by atoms with van der Waals surface area (Å²) in [4.78, 5) is 27.1. The lowest BCUT2D eigenvalue weighted by atomic mass is 9.94. The molecule has 0 bridgehead atoms. The molecular weight excluding hydrogens is 376 g/mol. The maximum atomic E-state index is 12.9. The lowest BCUT2D eigenvalue weighted by Gasteiger charge is -2.31. The van der Waals surface area contributed by atoms with Gasteiger partial charge in [-0.3, -0.25) is 9.59 Å². The number of benzene rings is 2. The summed E-state index contributed by atoms with van der Waals surface area (Å²) in [7, 11) is 1.65. The van der Waals surface area contributed by atoms with E-state index in [0.29, 0.717) is 25.9 Å². The Morgan fingerprint density at radius 3 is 2.43 bits per heavy atom. The molecule has 3 rings (SSSR count). The summed E-state index contributed by atoms with van der Waals surface area (Å²) >= 11 is 0. The molecule has 1 saturated heterocycles. The van der Waals surface area contributed by atoms with Crippen LogP contribution in [0.3, 0.4) is 0 Å². The van der Waals surface area contributed by atoms with E-state index < -0.39 is 0 Å². The monoisotopic (exact) mass is 406 g/mol. The number of piperidine rings is 1. The third kappa shape index (κ3) is 5.50. The third-order valence-corrected chi connectivity index (χ3v) is 5.63. The van der Waals surface area contributed by atoms with E-state index in [1.54, 1.807) is 13.2 Å². The van der Waals surface area contributed by atoms with Gasteiger partial charge in [0, 0.05) is 30.6 Å². The van der Waals surface area contributed by atoms with Crippen molar-refractivity contribution in [1.82, 2.24) is 10.2 Å². The SMILES string of the molecule is CCC(NC(=O)C1CCN(C(=O)/C=C/c2ccccc2)CC1)c1ccccc1OC. The van der Waals surface area contributed by atoms with Crippen molar-refractivity contribution < 1.29 is 14.3 Å². The van der Waals surface area contributed by atoms with Crippen LogP contribution in [0.4, 0.5) is 0 Å². The largest absolute Gasteiger partial charge is 0.496 e. The fourth-order valence-electron chi connectivity index (χ4n) is 3.84. The van der Waals surface area contributed by atoms with Gasteiger partial charge in [0.2, 0.25) is 11.8 Å². The predicted molar refractivity (Wildman–Crippen MR) is 119 cm³/mol. The molecular formula is C25H30N2O3. The Hall–Kier alpha value is -3.08. The number of likely N-dealkylation sites (tertiary alicyclic amines) is 1. The Labute approximate surface area is 178 Å². The van der Waals surface area contributed by atoms with E-state index in [-0.39, 0.29) is 23.8 Å². The minimum absolute atomic E-state index is 0.00170. The summed E-state index contributed by atoms with van der Waals surface area (Å²) in [6.07, 6.45) is 5.59. The zero-order chi connectivity index (χ0) is 21.3. The molecule has 0 spiro atoms. The number of nitrogens with one attached hydrogen (secondary N) is 1. The smallest absolute Gasteiger partial charge is 0.246 e. The Bertz CT molecular complexity index is 871. The van der Waals surface area contributed by atoms with E-state index in [9.17, 15) is 9.59 Å². The number of nitrogens with zero attached hydrogens (tertiary/aromatic N) is 1. The highest BCUT2D eigenvalue weighted by molar-refractivity contribution is 5.92. The summed E-state index contributed by atoms with van der Waals surface area (Å²) in [6, 6.07) is 17.5. The molecule has 0 aromatic heterocycles. The molecule has 1 aliphatic heterocycles. The number of para-hydroxylation sites is 1. The Kier molecular flexibility index (Phi) is 7.66. The highest BCUT2D eigenvalue weighted by Crippen LogP contribution is 2.28. The number of methoxy groups -OCH3 is 1. The Morgan fingerprint density at radius 1 is 1.10 bits per heavy atom. The van der Waals surface area contributed by atoms with E-state index in [1.807, 2.05) is 65.6 Å². The van der Waals surface area contributed by atoms with Crippen molar-refractivity contribution in [1.29, 1.82) is 0 Å². The van der Waals surface area contributed by atoms with Gasteiger partial charge in [-0.2, -0.15) is 0 Å². The molecule has 1 unspecified atom stereocenters. The second kappa shape index (κ2) is 10.6. The molecule has 1 aliphatic rings. The second-order valence-electron chi connectivity index (χ2n) is 7.55. The van der Waals surface area contributed by atoms with Gasteiger partial charge in [-0.1, -0.05) is 55.5 Å². The van der Waals surface area contributed by atoms with E-state index >= 15 is 0 Å². The molecule has 0 radical (unpaired) electrons. The molecule has 1 N–H and O–H groups in total. The maximum absolute atomic E-state index is 12.9. The van der Waals surface area contributed by atoms with Crippen LogP contribution in [-0.2, 0) is 9.59 Å². The molecule has 1 fully saturated rings. The van der Waals surface area contributed by atoms with Crippen LogP contribution in [0.5, 0.6) is 5.75 Å². The first-order chi connectivity index (χ1) is 14.6. The average Bonchev–Trinajstić information content (AvgIpc) is 2.81. The van der Waals surface area contributed by atoms with Gasteiger partial charge in [-0.25, -0.2) is 0 Å².